The van der Waals surface area contributed by atoms with Gasteiger partial charge in [-0.25, -0.2) is 9.82 Å². The summed E-state index contributed by atoms with van der Waals surface area (Å²) in [6, 6.07) is 10.9. The molecular weight excluding hydrogens is 319 g/mol. The Morgan fingerprint density at radius 1 is 1.30 bits per heavy atom. The van der Waals surface area contributed by atoms with Crippen LogP contribution in [-0.4, -0.2) is 18.7 Å². The number of nitrogens with one attached hydrogen (secondary N) is 1. The highest BCUT2D eigenvalue weighted by atomic mass is 35.5. The molecule has 2 aromatic rings. The van der Waals surface area contributed by atoms with E-state index in [0.29, 0.717) is 28.5 Å². The van der Waals surface area contributed by atoms with Gasteiger partial charge in [0.2, 0.25) is 5.91 Å². The molecule has 0 saturated carbocycles. The average Bonchev–Trinajstić information content (AvgIpc) is 2.52. The van der Waals surface area contributed by atoms with Crippen LogP contribution < -0.4 is 10.2 Å². The second-order valence-corrected chi connectivity index (χ2v) is 5.15. The van der Waals surface area contributed by atoms with Crippen LogP contribution in [0.25, 0.3) is 0 Å². The first-order valence-corrected chi connectivity index (χ1v) is 7.45. The first-order valence-electron chi connectivity index (χ1n) is 7.07. The number of halogens is 2. The molecule has 0 saturated heterocycles. The van der Waals surface area contributed by atoms with Crippen molar-refractivity contribution in [3.05, 3.63) is 64.4 Å². The Balaban J connectivity index is 1.97. The molecule has 2 aromatic carbocycles. The number of rotatable bonds is 6. The first kappa shape index (κ1) is 17.0. The summed E-state index contributed by atoms with van der Waals surface area (Å²) in [5.41, 5.74) is 3.79. The lowest BCUT2D eigenvalue weighted by atomic mass is 10.1. The van der Waals surface area contributed by atoms with E-state index in [1.54, 1.807) is 30.3 Å². The van der Waals surface area contributed by atoms with E-state index in [1.165, 1.54) is 18.3 Å². The number of hydrazone groups is 1. The van der Waals surface area contributed by atoms with Gasteiger partial charge in [-0.1, -0.05) is 23.7 Å². The van der Waals surface area contributed by atoms with Gasteiger partial charge in [-0.3, -0.25) is 4.79 Å². The van der Waals surface area contributed by atoms with Crippen LogP contribution in [0.4, 0.5) is 4.39 Å². The molecule has 0 unspecified atom stereocenters. The number of carbonyl (C=O) groups excluding carboxylic acids is 1. The summed E-state index contributed by atoms with van der Waals surface area (Å²) < 4.78 is 18.3. The first-order chi connectivity index (χ1) is 11.1. The molecule has 0 bridgehead atoms. The second kappa shape index (κ2) is 8.29. The van der Waals surface area contributed by atoms with Gasteiger partial charge < -0.3 is 4.74 Å². The van der Waals surface area contributed by atoms with Crippen molar-refractivity contribution >= 4 is 23.7 Å². The molecule has 23 heavy (non-hydrogen) atoms. The zero-order valence-corrected chi connectivity index (χ0v) is 13.3. The minimum Gasteiger partial charge on any atom is -0.493 e. The fourth-order valence-electron chi connectivity index (χ4n) is 1.91. The Bertz CT molecular complexity index is 702. The van der Waals surface area contributed by atoms with Crippen LogP contribution in [0.5, 0.6) is 5.75 Å². The third kappa shape index (κ3) is 5.38. The van der Waals surface area contributed by atoms with E-state index < -0.39 is 0 Å². The highest BCUT2D eigenvalue weighted by Gasteiger charge is 2.04. The van der Waals surface area contributed by atoms with Gasteiger partial charge in [-0.05, 0) is 42.8 Å². The zero-order valence-electron chi connectivity index (χ0n) is 12.6. The van der Waals surface area contributed by atoms with Gasteiger partial charge in [-0.15, -0.1) is 0 Å². The van der Waals surface area contributed by atoms with Crippen molar-refractivity contribution in [1.29, 1.82) is 0 Å². The number of carbonyl (C=O) groups is 1. The highest BCUT2D eigenvalue weighted by molar-refractivity contribution is 6.30. The quantitative estimate of drug-likeness (QED) is 0.648. The summed E-state index contributed by atoms with van der Waals surface area (Å²) in [4.78, 5) is 11.8. The van der Waals surface area contributed by atoms with Crippen LogP contribution in [0.3, 0.4) is 0 Å². The normalized spacial score (nSPS) is 10.7. The summed E-state index contributed by atoms with van der Waals surface area (Å²) in [6.07, 6.45) is 1.59. The lowest BCUT2D eigenvalue weighted by molar-refractivity contribution is -0.120. The maximum atomic E-state index is 12.8. The summed E-state index contributed by atoms with van der Waals surface area (Å²) in [5, 5.41) is 4.45. The monoisotopic (exact) mass is 334 g/mol. The van der Waals surface area contributed by atoms with E-state index in [9.17, 15) is 9.18 Å². The van der Waals surface area contributed by atoms with Gasteiger partial charge in [0.05, 0.1) is 19.2 Å². The molecule has 2 rings (SSSR count). The average molecular weight is 335 g/mol. The lowest BCUT2D eigenvalue weighted by Gasteiger charge is -2.07. The molecule has 1 N–H and O–H groups in total. The summed E-state index contributed by atoms with van der Waals surface area (Å²) in [6.45, 7) is 2.39. The SMILES string of the molecule is CCOc1ccc(Cl)cc1/C=N\NC(=O)Cc1ccc(F)cc1. The molecule has 4 nitrogen and oxygen atoms in total. The van der Waals surface area contributed by atoms with Crippen LogP contribution in [0.1, 0.15) is 18.1 Å². The largest absolute Gasteiger partial charge is 0.493 e. The maximum absolute atomic E-state index is 12.8. The standard InChI is InChI=1S/C17H16ClFN2O2/c1-2-23-16-8-5-14(18)10-13(16)11-20-21-17(22)9-12-3-6-15(19)7-4-12/h3-8,10-11H,2,9H2,1H3,(H,21,22)/b20-11-. The predicted molar refractivity (Wildman–Crippen MR) is 88.5 cm³/mol. The predicted octanol–water partition coefficient (Wildman–Crippen LogP) is 3.57. The topological polar surface area (TPSA) is 50.7 Å². The summed E-state index contributed by atoms with van der Waals surface area (Å²) in [5.74, 6) is -0.00197. The lowest BCUT2D eigenvalue weighted by Crippen LogP contribution is -2.19. The van der Waals surface area contributed by atoms with Crippen molar-refractivity contribution in [3.63, 3.8) is 0 Å². The van der Waals surface area contributed by atoms with E-state index in [0.717, 1.165) is 0 Å². The van der Waals surface area contributed by atoms with Gasteiger partial charge in [0.25, 0.3) is 0 Å². The Hall–Kier alpha value is -2.40. The van der Waals surface area contributed by atoms with E-state index in [-0.39, 0.29) is 18.1 Å². The maximum Gasteiger partial charge on any atom is 0.244 e. The molecular formula is C17H16ClFN2O2. The molecule has 0 radical (unpaired) electrons. The van der Waals surface area contributed by atoms with E-state index >= 15 is 0 Å². The fourth-order valence-corrected chi connectivity index (χ4v) is 2.09. The van der Waals surface area contributed by atoms with E-state index in [1.807, 2.05) is 6.92 Å². The van der Waals surface area contributed by atoms with Crippen molar-refractivity contribution in [2.75, 3.05) is 6.61 Å². The minimum atomic E-state index is -0.336. The Kier molecular flexibility index (Phi) is 6.11. The van der Waals surface area contributed by atoms with E-state index in [2.05, 4.69) is 10.5 Å². The van der Waals surface area contributed by atoms with Crippen molar-refractivity contribution in [1.82, 2.24) is 5.43 Å². The number of hydrogen-bond acceptors (Lipinski definition) is 3. The van der Waals surface area contributed by atoms with Crippen molar-refractivity contribution < 1.29 is 13.9 Å². The van der Waals surface area contributed by atoms with Gasteiger partial charge in [-0.2, -0.15) is 5.10 Å². The van der Waals surface area contributed by atoms with Crippen LogP contribution in [0.2, 0.25) is 5.02 Å². The van der Waals surface area contributed by atoms with Crippen LogP contribution in [0.15, 0.2) is 47.6 Å². The molecule has 1 amide bonds. The molecule has 0 atom stereocenters. The van der Waals surface area contributed by atoms with Crippen LogP contribution in [0, 0.1) is 5.82 Å². The molecule has 0 aliphatic carbocycles. The van der Waals surface area contributed by atoms with Crippen LogP contribution >= 0.6 is 11.6 Å². The Morgan fingerprint density at radius 3 is 2.74 bits per heavy atom. The minimum absolute atomic E-state index is 0.117. The summed E-state index contributed by atoms with van der Waals surface area (Å²) >= 11 is 5.94. The Labute approximate surface area is 138 Å². The zero-order chi connectivity index (χ0) is 16.7. The van der Waals surface area contributed by atoms with Crippen molar-refractivity contribution in [2.24, 2.45) is 5.10 Å². The van der Waals surface area contributed by atoms with Gasteiger partial charge >= 0.3 is 0 Å². The molecule has 0 fully saturated rings. The molecule has 0 spiro atoms. The van der Waals surface area contributed by atoms with Gasteiger partial charge in [0, 0.05) is 10.6 Å². The molecule has 120 valence electrons. The summed E-state index contributed by atoms with van der Waals surface area (Å²) in [7, 11) is 0. The molecule has 0 aromatic heterocycles. The molecule has 0 aliphatic heterocycles. The smallest absolute Gasteiger partial charge is 0.244 e. The third-order valence-corrected chi connectivity index (χ3v) is 3.18. The van der Waals surface area contributed by atoms with Crippen molar-refractivity contribution in [3.8, 4) is 5.75 Å². The number of amides is 1. The molecule has 0 aliphatic rings. The highest BCUT2D eigenvalue weighted by Crippen LogP contribution is 2.21. The number of hydrogen-bond donors (Lipinski definition) is 1. The third-order valence-electron chi connectivity index (χ3n) is 2.94. The van der Waals surface area contributed by atoms with E-state index in [4.69, 9.17) is 16.3 Å². The van der Waals surface area contributed by atoms with Crippen LogP contribution in [-0.2, 0) is 11.2 Å². The number of ether oxygens (including phenoxy) is 1. The van der Waals surface area contributed by atoms with Crippen molar-refractivity contribution in [2.45, 2.75) is 13.3 Å². The van der Waals surface area contributed by atoms with Gasteiger partial charge in [0.15, 0.2) is 0 Å². The Morgan fingerprint density at radius 2 is 2.04 bits per heavy atom. The molecule has 6 heteroatoms. The number of nitrogens with zero attached hydrogens (tertiary/aromatic N) is 1. The fraction of sp³-hybridized carbons (Fsp3) is 0.176. The number of benzene rings is 2. The second-order valence-electron chi connectivity index (χ2n) is 4.71. The molecule has 0 heterocycles. The van der Waals surface area contributed by atoms with Gasteiger partial charge in [0.1, 0.15) is 11.6 Å².